The number of anilines is 2. The number of aryl methyl sites for hydroxylation is 1. The summed E-state index contributed by atoms with van der Waals surface area (Å²) in [5.41, 5.74) is 4.91. The van der Waals surface area contributed by atoms with Crippen LogP contribution in [-0.2, 0) is 12.8 Å². The van der Waals surface area contributed by atoms with E-state index >= 15 is 0 Å². The first-order valence-electron chi connectivity index (χ1n) is 7.36. The fraction of sp³-hybridized carbons (Fsp3) is 0.375. The predicted octanol–water partition coefficient (Wildman–Crippen LogP) is 2.68. The summed E-state index contributed by atoms with van der Waals surface area (Å²) in [5, 5.41) is 3.39. The van der Waals surface area contributed by atoms with Crippen LogP contribution in [0.25, 0.3) is 0 Å². The van der Waals surface area contributed by atoms with Crippen molar-refractivity contribution < 1.29 is 0 Å². The topological polar surface area (TPSA) is 75.9 Å². The zero-order chi connectivity index (χ0) is 15.1. The van der Waals surface area contributed by atoms with Gasteiger partial charge in [-0.1, -0.05) is 37.3 Å². The molecule has 0 bridgehead atoms. The zero-order valence-electron chi connectivity index (χ0n) is 12.7. The van der Waals surface area contributed by atoms with Gasteiger partial charge in [-0.2, -0.15) is 0 Å². The highest BCUT2D eigenvalue weighted by Gasteiger charge is 2.09. The van der Waals surface area contributed by atoms with E-state index in [4.69, 9.17) is 5.84 Å². The smallest absolute Gasteiger partial charge is 0.148 e. The number of nitrogens with one attached hydrogen (secondary N) is 2. The van der Waals surface area contributed by atoms with Crippen LogP contribution in [0.2, 0.25) is 0 Å². The molecule has 0 amide bonds. The minimum atomic E-state index is 0.690. The Morgan fingerprint density at radius 1 is 1.05 bits per heavy atom. The van der Waals surface area contributed by atoms with E-state index < -0.39 is 0 Å². The Bertz CT molecular complexity index is 568. The van der Waals surface area contributed by atoms with E-state index in [2.05, 4.69) is 51.9 Å². The van der Waals surface area contributed by atoms with Crippen LogP contribution in [0.15, 0.2) is 30.3 Å². The molecule has 5 heteroatoms. The molecular formula is C16H23N5. The quantitative estimate of drug-likeness (QED) is 0.538. The minimum Gasteiger partial charge on any atom is -0.369 e. The third-order valence-electron chi connectivity index (χ3n) is 3.35. The zero-order valence-corrected chi connectivity index (χ0v) is 12.7. The number of benzene rings is 1. The third kappa shape index (κ3) is 4.16. The molecule has 5 nitrogen and oxygen atoms in total. The first-order valence-corrected chi connectivity index (χ1v) is 7.36. The molecule has 1 aromatic carbocycles. The summed E-state index contributed by atoms with van der Waals surface area (Å²) in [5.74, 6) is 7.90. The summed E-state index contributed by atoms with van der Waals surface area (Å²) in [6, 6.07) is 10.4. The fourth-order valence-electron chi connectivity index (χ4n) is 2.18. The summed E-state index contributed by atoms with van der Waals surface area (Å²) in [7, 11) is 0. The van der Waals surface area contributed by atoms with Gasteiger partial charge in [-0.05, 0) is 25.3 Å². The Morgan fingerprint density at radius 2 is 1.76 bits per heavy atom. The molecule has 4 N–H and O–H groups in total. The molecule has 0 aliphatic heterocycles. The lowest BCUT2D eigenvalue weighted by atomic mass is 10.1. The first-order chi connectivity index (χ1) is 10.2. The van der Waals surface area contributed by atoms with Gasteiger partial charge in [0.25, 0.3) is 0 Å². The van der Waals surface area contributed by atoms with E-state index in [1.807, 2.05) is 13.0 Å². The second-order valence-electron chi connectivity index (χ2n) is 5.02. The van der Waals surface area contributed by atoms with Gasteiger partial charge in [0, 0.05) is 18.5 Å². The number of hydrogen-bond acceptors (Lipinski definition) is 5. The molecular weight excluding hydrogens is 262 g/mol. The largest absolute Gasteiger partial charge is 0.369 e. The lowest BCUT2D eigenvalue weighted by Crippen LogP contribution is -2.16. The molecule has 2 rings (SSSR count). The predicted molar refractivity (Wildman–Crippen MR) is 87.2 cm³/mol. The molecule has 0 fully saturated rings. The van der Waals surface area contributed by atoms with Crippen molar-refractivity contribution in [3.63, 3.8) is 0 Å². The summed E-state index contributed by atoms with van der Waals surface area (Å²) in [6.07, 6.45) is 2.82. The highest BCUT2D eigenvalue weighted by Crippen LogP contribution is 2.19. The molecule has 0 spiro atoms. The van der Waals surface area contributed by atoms with Crippen LogP contribution in [0.3, 0.4) is 0 Å². The monoisotopic (exact) mass is 285 g/mol. The van der Waals surface area contributed by atoms with Crippen molar-refractivity contribution in [3.05, 3.63) is 47.3 Å². The number of rotatable bonds is 7. The molecule has 2 aromatic rings. The van der Waals surface area contributed by atoms with E-state index in [0.29, 0.717) is 5.82 Å². The number of nitrogens with zero attached hydrogens (tertiary/aromatic N) is 2. The highest BCUT2D eigenvalue weighted by atomic mass is 15.3. The maximum Gasteiger partial charge on any atom is 0.148 e. The number of nitrogen functional groups attached to an aromatic ring is 1. The lowest BCUT2D eigenvalue weighted by molar-refractivity contribution is 0.829. The van der Waals surface area contributed by atoms with E-state index in [9.17, 15) is 0 Å². The third-order valence-corrected chi connectivity index (χ3v) is 3.35. The second-order valence-corrected chi connectivity index (χ2v) is 5.02. The van der Waals surface area contributed by atoms with E-state index in [1.54, 1.807) is 0 Å². The molecule has 0 radical (unpaired) electrons. The molecule has 0 aliphatic rings. The Hall–Kier alpha value is -2.14. The molecule has 1 heterocycles. The van der Waals surface area contributed by atoms with Crippen molar-refractivity contribution in [3.8, 4) is 0 Å². The Kier molecular flexibility index (Phi) is 5.51. The SMILES string of the molecule is CCCc1nc(NN)c(C)c(NCCc2ccccc2)n1. The van der Waals surface area contributed by atoms with Crippen molar-refractivity contribution in [1.29, 1.82) is 0 Å². The van der Waals surface area contributed by atoms with Gasteiger partial charge in [0.05, 0.1) is 0 Å². The number of hydrogen-bond donors (Lipinski definition) is 3. The summed E-state index contributed by atoms with van der Waals surface area (Å²) in [6.45, 7) is 4.91. The summed E-state index contributed by atoms with van der Waals surface area (Å²) in [4.78, 5) is 9.00. The van der Waals surface area contributed by atoms with Crippen LogP contribution in [0.4, 0.5) is 11.6 Å². The van der Waals surface area contributed by atoms with Crippen LogP contribution in [0.1, 0.15) is 30.3 Å². The Labute approximate surface area is 126 Å². The number of nitrogens with two attached hydrogens (primary N) is 1. The maximum absolute atomic E-state index is 5.54. The Morgan fingerprint density at radius 3 is 2.43 bits per heavy atom. The standard InChI is InChI=1S/C16H23N5/c1-3-7-14-19-15(12(2)16(20-14)21-17)18-11-10-13-8-5-4-6-9-13/h4-6,8-9H,3,7,10-11,17H2,1-2H3,(H2,18,19,20,21). The fourth-order valence-corrected chi connectivity index (χ4v) is 2.18. The number of aromatic nitrogens is 2. The average molecular weight is 285 g/mol. The van der Waals surface area contributed by atoms with Crippen molar-refractivity contribution in [1.82, 2.24) is 9.97 Å². The van der Waals surface area contributed by atoms with E-state index in [0.717, 1.165) is 43.0 Å². The van der Waals surface area contributed by atoms with Gasteiger partial charge < -0.3 is 10.7 Å². The summed E-state index contributed by atoms with van der Waals surface area (Å²) >= 11 is 0. The first kappa shape index (κ1) is 15.3. The molecule has 0 atom stereocenters. The lowest BCUT2D eigenvalue weighted by Gasteiger charge is -2.13. The van der Waals surface area contributed by atoms with Crippen LogP contribution < -0.4 is 16.6 Å². The average Bonchev–Trinajstić information content (AvgIpc) is 2.51. The van der Waals surface area contributed by atoms with Crippen molar-refractivity contribution in [2.75, 3.05) is 17.3 Å². The normalized spacial score (nSPS) is 10.4. The van der Waals surface area contributed by atoms with Gasteiger partial charge in [0.1, 0.15) is 17.5 Å². The number of hydrazine groups is 1. The molecule has 0 saturated heterocycles. The van der Waals surface area contributed by atoms with Crippen LogP contribution in [-0.4, -0.2) is 16.5 Å². The maximum atomic E-state index is 5.54. The van der Waals surface area contributed by atoms with Crippen molar-refractivity contribution >= 4 is 11.6 Å². The van der Waals surface area contributed by atoms with Gasteiger partial charge in [-0.15, -0.1) is 0 Å². The van der Waals surface area contributed by atoms with E-state index in [1.165, 1.54) is 5.56 Å². The molecule has 0 saturated carbocycles. The van der Waals surface area contributed by atoms with Crippen LogP contribution in [0, 0.1) is 6.92 Å². The van der Waals surface area contributed by atoms with Gasteiger partial charge in [0.2, 0.25) is 0 Å². The molecule has 1 aromatic heterocycles. The van der Waals surface area contributed by atoms with E-state index in [-0.39, 0.29) is 0 Å². The minimum absolute atomic E-state index is 0.690. The molecule has 0 unspecified atom stereocenters. The Balaban J connectivity index is 2.06. The van der Waals surface area contributed by atoms with Crippen molar-refractivity contribution in [2.24, 2.45) is 5.84 Å². The van der Waals surface area contributed by atoms with Crippen molar-refractivity contribution in [2.45, 2.75) is 33.1 Å². The van der Waals surface area contributed by atoms with Crippen LogP contribution in [0.5, 0.6) is 0 Å². The second kappa shape index (κ2) is 7.59. The van der Waals surface area contributed by atoms with Gasteiger partial charge in [-0.3, -0.25) is 0 Å². The van der Waals surface area contributed by atoms with Crippen LogP contribution >= 0.6 is 0 Å². The summed E-state index contributed by atoms with van der Waals surface area (Å²) < 4.78 is 0. The highest BCUT2D eigenvalue weighted by molar-refractivity contribution is 5.56. The molecule has 21 heavy (non-hydrogen) atoms. The van der Waals surface area contributed by atoms with Gasteiger partial charge >= 0.3 is 0 Å². The molecule has 0 aliphatic carbocycles. The van der Waals surface area contributed by atoms with Gasteiger partial charge in [-0.25, -0.2) is 15.8 Å². The molecule has 112 valence electrons. The van der Waals surface area contributed by atoms with Gasteiger partial charge in [0.15, 0.2) is 0 Å².